The first-order chi connectivity index (χ1) is 7.99. The summed E-state index contributed by atoms with van der Waals surface area (Å²) in [5.41, 5.74) is 1.34. The van der Waals surface area contributed by atoms with Gasteiger partial charge in [-0.2, -0.15) is 0 Å². The van der Waals surface area contributed by atoms with Gasteiger partial charge in [-0.1, -0.05) is 33.8 Å². The Labute approximate surface area is 118 Å². The van der Waals surface area contributed by atoms with Gasteiger partial charge in [-0.3, -0.25) is 0 Å². The lowest BCUT2D eigenvalue weighted by Gasteiger charge is -2.11. The normalized spacial score (nSPS) is 11.5. The zero-order valence-electron chi connectivity index (χ0n) is 11.1. The molecule has 0 aliphatic rings. The van der Waals surface area contributed by atoms with E-state index in [9.17, 15) is 0 Å². The number of rotatable bonds is 6. The summed E-state index contributed by atoms with van der Waals surface area (Å²) in [6.45, 7) is 10.9. The maximum atomic E-state index is 3.65. The lowest BCUT2D eigenvalue weighted by Crippen LogP contribution is -2.18. The minimum absolute atomic E-state index is 0.621. The van der Waals surface area contributed by atoms with Crippen LogP contribution in [0.1, 0.15) is 33.3 Å². The average molecular weight is 316 g/mol. The fraction of sp³-hybridized carbons (Fsp3) is 0.571. The lowest BCUT2D eigenvalue weighted by molar-refractivity contribution is 0.552. The van der Waals surface area contributed by atoms with E-state index in [-0.39, 0.29) is 0 Å². The van der Waals surface area contributed by atoms with Crippen LogP contribution in [0.25, 0.3) is 0 Å². The van der Waals surface area contributed by atoms with Gasteiger partial charge in [0.1, 0.15) is 0 Å². The predicted molar refractivity (Wildman–Crippen MR) is 81.7 cm³/mol. The molecule has 0 atom stereocenters. The first-order valence-electron chi connectivity index (χ1n) is 6.15. The van der Waals surface area contributed by atoms with Gasteiger partial charge in [0, 0.05) is 21.2 Å². The third-order valence-corrected chi connectivity index (χ3v) is 4.24. The van der Waals surface area contributed by atoms with Crippen molar-refractivity contribution < 1.29 is 0 Å². The summed E-state index contributed by atoms with van der Waals surface area (Å²) >= 11 is 5.54. The van der Waals surface area contributed by atoms with E-state index in [1.165, 1.54) is 14.9 Å². The van der Waals surface area contributed by atoms with Crippen LogP contribution in [0.3, 0.4) is 0 Å². The van der Waals surface area contributed by atoms with Crippen LogP contribution in [0, 0.1) is 5.92 Å². The number of halogens is 1. The van der Waals surface area contributed by atoms with Gasteiger partial charge >= 0.3 is 0 Å². The van der Waals surface area contributed by atoms with Crippen molar-refractivity contribution >= 4 is 27.7 Å². The number of hydrogen-bond donors (Lipinski definition) is 1. The highest BCUT2D eigenvalue weighted by atomic mass is 79.9. The van der Waals surface area contributed by atoms with Gasteiger partial charge in [-0.25, -0.2) is 0 Å². The first kappa shape index (κ1) is 15.1. The smallest absolute Gasteiger partial charge is 0.0314 e. The molecular formula is C14H22BrNS. The number of benzene rings is 1. The van der Waals surface area contributed by atoms with Gasteiger partial charge < -0.3 is 5.32 Å². The summed E-state index contributed by atoms with van der Waals surface area (Å²) < 4.78 is 1.21. The molecule has 0 amide bonds. The van der Waals surface area contributed by atoms with Crippen molar-refractivity contribution in [3.8, 4) is 0 Å². The molecule has 0 aromatic heterocycles. The second kappa shape index (κ2) is 7.45. The van der Waals surface area contributed by atoms with Gasteiger partial charge in [0.25, 0.3) is 0 Å². The molecule has 17 heavy (non-hydrogen) atoms. The van der Waals surface area contributed by atoms with Crippen LogP contribution in [0.5, 0.6) is 0 Å². The van der Waals surface area contributed by atoms with E-state index in [1.54, 1.807) is 0 Å². The molecule has 0 saturated carbocycles. The van der Waals surface area contributed by atoms with Gasteiger partial charge in [0.2, 0.25) is 0 Å². The van der Waals surface area contributed by atoms with E-state index in [0.717, 1.165) is 13.1 Å². The molecule has 0 bridgehead atoms. The van der Waals surface area contributed by atoms with E-state index in [0.29, 0.717) is 11.2 Å². The molecule has 0 aliphatic heterocycles. The van der Waals surface area contributed by atoms with E-state index in [2.05, 4.69) is 67.1 Å². The Balaban J connectivity index is 2.56. The molecule has 0 spiro atoms. The Bertz CT molecular complexity index is 350. The van der Waals surface area contributed by atoms with Gasteiger partial charge in [-0.15, -0.1) is 11.8 Å². The predicted octanol–water partition coefficient (Wildman–Crippen LogP) is 4.70. The summed E-state index contributed by atoms with van der Waals surface area (Å²) in [5.74, 6) is 0.703. The van der Waals surface area contributed by atoms with E-state index in [4.69, 9.17) is 0 Å². The molecule has 96 valence electrons. The van der Waals surface area contributed by atoms with Crippen LogP contribution in [0.2, 0.25) is 0 Å². The summed E-state index contributed by atoms with van der Waals surface area (Å²) in [4.78, 5) is 1.33. The minimum atomic E-state index is 0.621. The van der Waals surface area contributed by atoms with Crippen molar-refractivity contribution in [2.45, 2.75) is 44.4 Å². The van der Waals surface area contributed by atoms with Crippen LogP contribution in [-0.4, -0.2) is 11.8 Å². The Morgan fingerprint density at radius 1 is 1.24 bits per heavy atom. The van der Waals surface area contributed by atoms with Crippen LogP contribution < -0.4 is 5.32 Å². The summed E-state index contributed by atoms with van der Waals surface area (Å²) in [7, 11) is 0. The van der Waals surface area contributed by atoms with Gasteiger partial charge in [0.15, 0.2) is 0 Å². The monoisotopic (exact) mass is 315 g/mol. The second-order valence-corrected chi connectivity index (χ2v) is 7.43. The summed E-state index contributed by atoms with van der Waals surface area (Å²) in [5, 5.41) is 4.08. The standard InChI is InChI=1S/C14H22BrNS/c1-10(2)8-16-9-12-5-6-14(13(15)7-12)17-11(3)4/h5-7,10-11,16H,8-9H2,1-4H3. The molecular weight excluding hydrogens is 294 g/mol. The Morgan fingerprint density at radius 3 is 2.47 bits per heavy atom. The highest BCUT2D eigenvalue weighted by Gasteiger charge is 2.04. The van der Waals surface area contributed by atoms with Crippen LogP contribution >= 0.6 is 27.7 Å². The SMILES string of the molecule is CC(C)CNCc1ccc(SC(C)C)c(Br)c1. The zero-order chi connectivity index (χ0) is 12.8. The van der Waals surface area contributed by atoms with Crippen LogP contribution in [0.4, 0.5) is 0 Å². The fourth-order valence-corrected chi connectivity index (χ4v) is 3.04. The topological polar surface area (TPSA) is 12.0 Å². The first-order valence-corrected chi connectivity index (χ1v) is 7.82. The van der Waals surface area contributed by atoms with E-state index in [1.807, 2.05) is 11.8 Å². The van der Waals surface area contributed by atoms with Crippen molar-refractivity contribution in [3.63, 3.8) is 0 Å². The maximum Gasteiger partial charge on any atom is 0.0314 e. The van der Waals surface area contributed by atoms with Crippen molar-refractivity contribution in [2.75, 3.05) is 6.54 Å². The number of thioether (sulfide) groups is 1. The summed E-state index contributed by atoms with van der Waals surface area (Å²) in [6, 6.07) is 6.64. The van der Waals surface area contributed by atoms with Crippen LogP contribution in [0.15, 0.2) is 27.6 Å². The molecule has 0 unspecified atom stereocenters. The molecule has 1 rings (SSSR count). The van der Waals surface area contributed by atoms with Crippen LogP contribution in [-0.2, 0) is 6.54 Å². The highest BCUT2D eigenvalue weighted by Crippen LogP contribution is 2.31. The fourth-order valence-electron chi connectivity index (χ4n) is 1.51. The van der Waals surface area contributed by atoms with Crippen molar-refractivity contribution in [2.24, 2.45) is 5.92 Å². The molecule has 1 N–H and O–H groups in total. The lowest BCUT2D eigenvalue weighted by atomic mass is 10.2. The molecule has 0 aliphatic carbocycles. The number of hydrogen-bond acceptors (Lipinski definition) is 2. The average Bonchev–Trinajstić information content (AvgIpc) is 2.21. The molecule has 0 radical (unpaired) electrons. The quantitative estimate of drug-likeness (QED) is 0.764. The molecule has 1 aromatic rings. The second-order valence-electron chi connectivity index (χ2n) is 4.96. The third kappa shape index (κ3) is 5.94. The van der Waals surface area contributed by atoms with E-state index >= 15 is 0 Å². The Morgan fingerprint density at radius 2 is 1.94 bits per heavy atom. The molecule has 1 nitrogen and oxygen atoms in total. The third-order valence-electron chi connectivity index (χ3n) is 2.24. The van der Waals surface area contributed by atoms with Crippen molar-refractivity contribution in [1.82, 2.24) is 5.32 Å². The molecule has 1 aromatic carbocycles. The number of nitrogens with one attached hydrogen (secondary N) is 1. The van der Waals surface area contributed by atoms with Gasteiger partial charge in [-0.05, 0) is 46.1 Å². The van der Waals surface area contributed by atoms with E-state index < -0.39 is 0 Å². The van der Waals surface area contributed by atoms with Gasteiger partial charge in [0.05, 0.1) is 0 Å². The molecule has 3 heteroatoms. The molecule has 0 saturated heterocycles. The zero-order valence-corrected chi connectivity index (χ0v) is 13.5. The molecule has 0 heterocycles. The Hall–Kier alpha value is 0.01000. The minimum Gasteiger partial charge on any atom is -0.312 e. The largest absolute Gasteiger partial charge is 0.312 e. The van der Waals surface area contributed by atoms with Crippen molar-refractivity contribution in [3.05, 3.63) is 28.2 Å². The summed E-state index contributed by atoms with van der Waals surface area (Å²) in [6.07, 6.45) is 0. The highest BCUT2D eigenvalue weighted by molar-refractivity contribution is 9.10. The molecule has 0 fully saturated rings. The van der Waals surface area contributed by atoms with Crippen molar-refractivity contribution in [1.29, 1.82) is 0 Å². The maximum absolute atomic E-state index is 3.65. The Kier molecular flexibility index (Phi) is 6.60.